The molecule has 0 saturated carbocycles. The van der Waals surface area contributed by atoms with Crippen molar-refractivity contribution in [2.75, 3.05) is 65.9 Å². The van der Waals surface area contributed by atoms with E-state index >= 15 is 0 Å². The quantitative estimate of drug-likeness (QED) is 0.351. The van der Waals surface area contributed by atoms with Crippen molar-refractivity contribution in [3.8, 4) is 28.4 Å². The fourth-order valence-electron chi connectivity index (χ4n) is 7.48. The maximum atomic E-state index is 14.2. The molecule has 2 aromatic rings. The van der Waals surface area contributed by atoms with Crippen molar-refractivity contribution in [1.82, 2.24) is 18.8 Å². The summed E-state index contributed by atoms with van der Waals surface area (Å²) in [6.07, 6.45) is 5.05. The number of hydrogen-bond acceptors (Lipinski definition) is 9. The van der Waals surface area contributed by atoms with Crippen molar-refractivity contribution in [3.05, 3.63) is 45.6 Å². The Labute approximate surface area is 301 Å². The van der Waals surface area contributed by atoms with Gasteiger partial charge in [0.1, 0.15) is 6.04 Å². The van der Waals surface area contributed by atoms with Crippen LogP contribution in [0.25, 0.3) is 11.1 Å². The van der Waals surface area contributed by atoms with Gasteiger partial charge in [0.25, 0.3) is 10.2 Å². The van der Waals surface area contributed by atoms with Crippen LogP contribution in [0.5, 0.6) is 17.2 Å². The van der Waals surface area contributed by atoms with Gasteiger partial charge in [-0.2, -0.15) is 17.0 Å². The smallest absolute Gasteiger partial charge is 0.282 e. The number of ether oxygens (including phenoxy) is 3. The van der Waals surface area contributed by atoms with Crippen molar-refractivity contribution in [2.45, 2.75) is 77.8 Å². The van der Waals surface area contributed by atoms with E-state index in [1.807, 2.05) is 26.0 Å². The SMILES string of the molecule is CC[C@@H](C)[C@H](Nc1ccc2c(cc1=O)[C@@H](NC(C)=O)CCc1cc(OC)c(OC)c(OC)c1-2)C(=O)N1CCCN(S(=O)(=O)N2CCCCC2)CC1. The largest absolute Gasteiger partial charge is 0.493 e. The van der Waals surface area contributed by atoms with Gasteiger partial charge in [0.15, 0.2) is 11.5 Å². The number of hydrogen-bond donors (Lipinski definition) is 2. The zero-order valence-corrected chi connectivity index (χ0v) is 31.6. The molecule has 51 heavy (non-hydrogen) atoms. The lowest BCUT2D eigenvalue weighted by Crippen LogP contribution is -2.49. The number of fused-ring (bicyclic) bond motifs is 3. The topological polar surface area (TPSA) is 147 Å². The first-order valence-electron chi connectivity index (χ1n) is 18.0. The number of nitrogens with one attached hydrogen (secondary N) is 2. The van der Waals surface area contributed by atoms with Gasteiger partial charge in [0, 0.05) is 51.8 Å². The van der Waals surface area contributed by atoms with Crippen LogP contribution < -0.4 is 30.3 Å². The van der Waals surface area contributed by atoms with Crippen LogP contribution in [-0.4, -0.2) is 100 Å². The average Bonchev–Trinajstić information content (AvgIpc) is 3.53. The molecular weight excluding hydrogens is 675 g/mol. The van der Waals surface area contributed by atoms with Crippen LogP contribution in [0.15, 0.2) is 29.1 Å². The summed E-state index contributed by atoms with van der Waals surface area (Å²) >= 11 is 0. The van der Waals surface area contributed by atoms with E-state index in [1.165, 1.54) is 24.4 Å². The van der Waals surface area contributed by atoms with Gasteiger partial charge in [-0.15, -0.1) is 0 Å². The third-order valence-electron chi connectivity index (χ3n) is 10.4. The van der Waals surface area contributed by atoms with E-state index < -0.39 is 22.3 Å². The molecule has 2 N–H and O–H groups in total. The molecule has 2 aliphatic heterocycles. The molecule has 3 aliphatic rings. The summed E-state index contributed by atoms with van der Waals surface area (Å²) < 4.78 is 47.2. The first-order chi connectivity index (χ1) is 24.4. The molecule has 0 aromatic heterocycles. The molecule has 2 aromatic carbocycles. The standard InChI is InChI=1S/C37H53N5O8S/c1-7-24(2)34(37(45)40-16-11-19-42(21-20-40)51(46,47)41-17-9-8-10-18-41)39-30-15-13-27-28(23-31(30)44)29(38-25(3)43)14-12-26-22-32(48-4)35(49-5)36(50-6)33(26)27/h13,15,22-24,29,34H,7-12,14,16-21H2,1-6H3,(H,38,43)(H,39,44)/t24-,29+,34+/m1/s1. The fourth-order valence-corrected chi connectivity index (χ4v) is 9.20. The summed E-state index contributed by atoms with van der Waals surface area (Å²) in [5, 5.41) is 6.34. The Morgan fingerprint density at radius 3 is 2.24 bits per heavy atom. The first-order valence-corrected chi connectivity index (χ1v) is 19.4. The molecule has 13 nitrogen and oxygen atoms in total. The highest BCUT2D eigenvalue weighted by Crippen LogP contribution is 2.50. The Morgan fingerprint density at radius 1 is 0.902 bits per heavy atom. The van der Waals surface area contributed by atoms with Crippen molar-refractivity contribution in [1.29, 1.82) is 0 Å². The Bertz CT molecular complexity index is 1760. The highest BCUT2D eigenvalue weighted by atomic mass is 32.2. The minimum atomic E-state index is -3.60. The number of piperidine rings is 1. The van der Waals surface area contributed by atoms with E-state index in [4.69, 9.17) is 14.2 Å². The summed E-state index contributed by atoms with van der Waals surface area (Å²) in [4.78, 5) is 42.4. The van der Waals surface area contributed by atoms with Gasteiger partial charge in [-0.05, 0) is 72.9 Å². The van der Waals surface area contributed by atoms with E-state index in [0.29, 0.717) is 80.2 Å². The van der Waals surface area contributed by atoms with Crippen LogP contribution in [0.3, 0.4) is 0 Å². The average molecular weight is 728 g/mol. The van der Waals surface area contributed by atoms with E-state index in [-0.39, 0.29) is 41.9 Å². The summed E-state index contributed by atoms with van der Waals surface area (Å²) in [6.45, 7) is 7.73. The summed E-state index contributed by atoms with van der Waals surface area (Å²) in [5.74, 6) is 0.844. The van der Waals surface area contributed by atoms with E-state index in [0.717, 1.165) is 30.4 Å². The lowest BCUT2D eigenvalue weighted by atomic mass is 9.95. The molecule has 2 saturated heterocycles. The molecule has 280 valence electrons. The molecule has 3 atom stereocenters. The molecule has 0 spiro atoms. The second-order valence-electron chi connectivity index (χ2n) is 13.6. The van der Waals surface area contributed by atoms with Crippen LogP contribution in [0.2, 0.25) is 0 Å². The maximum absolute atomic E-state index is 14.2. The van der Waals surface area contributed by atoms with E-state index in [1.54, 1.807) is 29.5 Å². The first kappa shape index (κ1) is 38.4. The molecule has 2 fully saturated rings. The zero-order valence-electron chi connectivity index (χ0n) is 30.7. The number of rotatable bonds is 11. The zero-order chi connectivity index (χ0) is 36.9. The van der Waals surface area contributed by atoms with Crippen molar-refractivity contribution >= 4 is 27.7 Å². The number of anilines is 1. The number of benzene rings is 1. The number of aryl methyl sites for hydroxylation is 1. The van der Waals surface area contributed by atoms with Gasteiger partial charge in [-0.25, -0.2) is 0 Å². The minimum absolute atomic E-state index is 0.138. The predicted octanol–water partition coefficient (Wildman–Crippen LogP) is 3.95. The number of carbonyl (C=O) groups is 2. The number of methoxy groups -OCH3 is 3. The van der Waals surface area contributed by atoms with Crippen molar-refractivity contribution in [3.63, 3.8) is 0 Å². The van der Waals surface area contributed by atoms with Crippen LogP contribution in [-0.2, 0) is 26.2 Å². The Kier molecular flexibility index (Phi) is 12.5. The number of amides is 2. The minimum Gasteiger partial charge on any atom is -0.493 e. The molecule has 2 amide bonds. The van der Waals surface area contributed by atoms with Crippen LogP contribution in [0.1, 0.15) is 76.5 Å². The van der Waals surface area contributed by atoms with Gasteiger partial charge < -0.3 is 29.7 Å². The molecule has 2 heterocycles. The second kappa shape index (κ2) is 16.6. The molecule has 5 rings (SSSR count). The van der Waals surface area contributed by atoms with Gasteiger partial charge in [-0.3, -0.25) is 14.4 Å². The third kappa shape index (κ3) is 8.12. The molecule has 0 bridgehead atoms. The van der Waals surface area contributed by atoms with Crippen LogP contribution in [0, 0.1) is 5.92 Å². The van der Waals surface area contributed by atoms with E-state index in [2.05, 4.69) is 10.6 Å². The lowest BCUT2D eigenvalue weighted by Gasteiger charge is -2.32. The fraction of sp³-hybridized carbons (Fsp3) is 0.595. The number of carbonyl (C=O) groups excluding carboxylic acids is 2. The van der Waals surface area contributed by atoms with Gasteiger partial charge in [-0.1, -0.05) is 32.8 Å². The molecule has 14 heteroatoms. The van der Waals surface area contributed by atoms with Crippen LogP contribution in [0.4, 0.5) is 5.69 Å². The Morgan fingerprint density at radius 2 is 1.59 bits per heavy atom. The summed E-state index contributed by atoms with van der Waals surface area (Å²) in [6, 6.07) is 5.77. The second-order valence-corrected chi connectivity index (χ2v) is 15.6. The normalized spacial score (nSPS) is 19.7. The van der Waals surface area contributed by atoms with Crippen molar-refractivity contribution < 1.29 is 32.2 Å². The molecule has 0 unspecified atom stereocenters. The molecular formula is C37H53N5O8S. The summed E-state index contributed by atoms with van der Waals surface area (Å²) in [5.41, 5.74) is 2.89. The maximum Gasteiger partial charge on any atom is 0.282 e. The molecule has 0 radical (unpaired) electrons. The van der Waals surface area contributed by atoms with E-state index in [9.17, 15) is 22.8 Å². The van der Waals surface area contributed by atoms with Crippen LogP contribution >= 0.6 is 0 Å². The van der Waals surface area contributed by atoms with Gasteiger partial charge in [0.2, 0.25) is 23.0 Å². The van der Waals surface area contributed by atoms with Gasteiger partial charge >= 0.3 is 0 Å². The third-order valence-corrected chi connectivity index (χ3v) is 12.5. The van der Waals surface area contributed by atoms with Crippen molar-refractivity contribution in [2.24, 2.45) is 5.92 Å². The highest BCUT2D eigenvalue weighted by molar-refractivity contribution is 7.86. The predicted molar refractivity (Wildman–Crippen MR) is 197 cm³/mol. The number of nitrogens with zero attached hydrogens (tertiary/aromatic N) is 3. The lowest BCUT2D eigenvalue weighted by molar-refractivity contribution is -0.133. The Hall–Kier alpha value is -3.88. The van der Waals surface area contributed by atoms with Gasteiger partial charge in [0.05, 0.1) is 33.1 Å². The monoisotopic (exact) mass is 727 g/mol. The summed E-state index contributed by atoms with van der Waals surface area (Å²) in [7, 11) is 1.05. The molecule has 1 aliphatic carbocycles. The highest BCUT2D eigenvalue weighted by Gasteiger charge is 2.36. The Balaban J connectivity index is 1.50.